The Hall–Kier alpha value is -1.74. The van der Waals surface area contributed by atoms with Gasteiger partial charge in [-0.05, 0) is 25.3 Å². The summed E-state index contributed by atoms with van der Waals surface area (Å²) in [6, 6.07) is 10.4. The molecule has 0 aliphatic rings. The Morgan fingerprint density at radius 1 is 1.12 bits per heavy atom. The van der Waals surface area contributed by atoms with Crippen LogP contribution in [-0.4, -0.2) is 9.97 Å². The minimum absolute atomic E-state index is 0.378. The van der Waals surface area contributed by atoms with E-state index in [0.29, 0.717) is 0 Å². The molecule has 0 saturated heterocycles. The van der Waals surface area contributed by atoms with Crippen molar-refractivity contribution in [2.75, 3.05) is 0 Å². The quantitative estimate of drug-likeness (QED) is 0.871. The molecule has 1 atom stereocenters. The molecule has 1 unspecified atom stereocenters. The molecular formula is C14H17N3. The van der Waals surface area contributed by atoms with Crippen molar-refractivity contribution < 1.29 is 0 Å². The highest BCUT2D eigenvalue weighted by molar-refractivity contribution is 5.19. The van der Waals surface area contributed by atoms with Crippen molar-refractivity contribution in [3.8, 4) is 0 Å². The van der Waals surface area contributed by atoms with Crippen molar-refractivity contribution in [1.82, 2.24) is 9.97 Å². The number of aryl methyl sites for hydroxylation is 1. The van der Waals surface area contributed by atoms with E-state index in [1.807, 2.05) is 13.0 Å². The lowest BCUT2D eigenvalue weighted by molar-refractivity contribution is 0.449. The topological polar surface area (TPSA) is 51.8 Å². The van der Waals surface area contributed by atoms with E-state index in [1.54, 1.807) is 12.4 Å². The molecule has 1 aromatic carbocycles. The van der Waals surface area contributed by atoms with Gasteiger partial charge in [-0.2, -0.15) is 0 Å². The molecule has 0 radical (unpaired) electrons. The lowest BCUT2D eigenvalue weighted by Crippen LogP contribution is -2.33. The molecule has 0 saturated carbocycles. The van der Waals surface area contributed by atoms with E-state index in [9.17, 15) is 0 Å². The summed E-state index contributed by atoms with van der Waals surface area (Å²) in [4.78, 5) is 8.03. The highest BCUT2D eigenvalue weighted by Gasteiger charge is 2.21. The number of hydrogen-bond acceptors (Lipinski definition) is 3. The van der Waals surface area contributed by atoms with Crippen molar-refractivity contribution in [2.24, 2.45) is 5.73 Å². The Balaban J connectivity index is 2.03. The van der Waals surface area contributed by atoms with E-state index in [1.165, 1.54) is 11.9 Å². The number of benzene rings is 1. The molecule has 17 heavy (non-hydrogen) atoms. The molecule has 0 aliphatic carbocycles. The molecule has 88 valence electrons. The molecular weight excluding hydrogens is 210 g/mol. The third kappa shape index (κ3) is 3.11. The number of nitrogens with zero attached hydrogens (tertiary/aromatic N) is 2. The van der Waals surface area contributed by atoms with Gasteiger partial charge in [-0.3, -0.25) is 0 Å². The van der Waals surface area contributed by atoms with Crippen LogP contribution in [0.4, 0.5) is 0 Å². The second kappa shape index (κ2) is 5.06. The maximum absolute atomic E-state index is 6.31. The van der Waals surface area contributed by atoms with E-state index >= 15 is 0 Å². The minimum Gasteiger partial charge on any atom is -0.322 e. The standard InChI is InChI=1S/C14H17N3/c1-14(15,13-9-16-11-17-10-13)8-7-12-5-3-2-4-6-12/h2-6,9-11H,7-8,15H2,1H3. The first-order chi connectivity index (χ1) is 8.18. The summed E-state index contributed by atoms with van der Waals surface area (Å²) in [5, 5.41) is 0. The molecule has 0 fully saturated rings. The van der Waals surface area contributed by atoms with Crippen molar-refractivity contribution >= 4 is 0 Å². The normalized spacial score (nSPS) is 14.2. The van der Waals surface area contributed by atoms with Gasteiger partial charge in [-0.15, -0.1) is 0 Å². The van der Waals surface area contributed by atoms with Gasteiger partial charge in [0, 0.05) is 23.5 Å². The highest BCUT2D eigenvalue weighted by atomic mass is 14.8. The molecule has 0 bridgehead atoms. The largest absolute Gasteiger partial charge is 0.322 e. The SMILES string of the molecule is CC(N)(CCc1ccccc1)c1cncnc1. The van der Waals surface area contributed by atoms with Gasteiger partial charge in [0.2, 0.25) is 0 Å². The second-order valence-electron chi connectivity index (χ2n) is 4.53. The first kappa shape index (κ1) is 11.7. The van der Waals surface area contributed by atoms with Gasteiger partial charge >= 0.3 is 0 Å². The number of nitrogens with two attached hydrogens (primary N) is 1. The third-order valence-electron chi connectivity index (χ3n) is 3.00. The van der Waals surface area contributed by atoms with Crippen LogP contribution in [0.2, 0.25) is 0 Å². The summed E-state index contributed by atoms with van der Waals surface area (Å²) in [6.07, 6.45) is 6.94. The Kier molecular flexibility index (Phi) is 3.49. The predicted molar refractivity (Wildman–Crippen MR) is 68.3 cm³/mol. The zero-order valence-corrected chi connectivity index (χ0v) is 10.0. The molecule has 1 aromatic heterocycles. The van der Waals surface area contributed by atoms with E-state index in [4.69, 9.17) is 5.73 Å². The third-order valence-corrected chi connectivity index (χ3v) is 3.00. The molecule has 3 heteroatoms. The van der Waals surface area contributed by atoms with Crippen LogP contribution < -0.4 is 5.73 Å². The molecule has 2 aromatic rings. The van der Waals surface area contributed by atoms with Crippen molar-refractivity contribution in [3.05, 3.63) is 60.2 Å². The van der Waals surface area contributed by atoms with Gasteiger partial charge < -0.3 is 5.73 Å². The summed E-state index contributed by atoms with van der Waals surface area (Å²) in [5.41, 5.74) is 8.22. The Labute approximate surface area is 102 Å². The maximum Gasteiger partial charge on any atom is 0.115 e. The van der Waals surface area contributed by atoms with E-state index in [-0.39, 0.29) is 5.54 Å². The van der Waals surface area contributed by atoms with Gasteiger partial charge in [0.1, 0.15) is 6.33 Å². The fraction of sp³-hybridized carbons (Fsp3) is 0.286. The van der Waals surface area contributed by atoms with Gasteiger partial charge in [0.05, 0.1) is 0 Å². The fourth-order valence-electron chi connectivity index (χ4n) is 1.79. The fourth-order valence-corrected chi connectivity index (χ4v) is 1.79. The number of hydrogen-bond donors (Lipinski definition) is 1. The summed E-state index contributed by atoms with van der Waals surface area (Å²) in [7, 11) is 0. The monoisotopic (exact) mass is 227 g/mol. The van der Waals surface area contributed by atoms with Gasteiger partial charge in [0.25, 0.3) is 0 Å². The van der Waals surface area contributed by atoms with E-state index < -0.39 is 0 Å². The van der Waals surface area contributed by atoms with Crippen LogP contribution in [0.15, 0.2) is 49.1 Å². The smallest absolute Gasteiger partial charge is 0.115 e. The van der Waals surface area contributed by atoms with Gasteiger partial charge in [-0.25, -0.2) is 9.97 Å². The highest BCUT2D eigenvalue weighted by Crippen LogP contribution is 2.22. The summed E-state index contributed by atoms with van der Waals surface area (Å²) >= 11 is 0. The average molecular weight is 227 g/mol. The van der Waals surface area contributed by atoms with Crippen LogP contribution in [0.5, 0.6) is 0 Å². The molecule has 3 nitrogen and oxygen atoms in total. The summed E-state index contributed by atoms with van der Waals surface area (Å²) in [5.74, 6) is 0. The zero-order valence-electron chi connectivity index (χ0n) is 10.0. The molecule has 0 aliphatic heterocycles. The molecule has 0 spiro atoms. The zero-order chi connectivity index (χ0) is 12.1. The Morgan fingerprint density at radius 2 is 1.76 bits per heavy atom. The van der Waals surface area contributed by atoms with Crippen LogP contribution >= 0.6 is 0 Å². The predicted octanol–water partition coefficient (Wildman–Crippen LogP) is 2.28. The number of aromatic nitrogens is 2. The molecule has 0 amide bonds. The Bertz CT molecular complexity index is 451. The van der Waals surface area contributed by atoms with Crippen LogP contribution in [-0.2, 0) is 12.0 Å². The van der Waals surface area contributed by atoms with Crippen molar-refractivity contribution in [1.29, 1.82) is 0 Å². The number of rotatable bonds is 4. The second-order valence-corrected chi connectivity index (χ2v) is 4.53. The van der Waals surface area contributed by atoms with Gasteiger partial charge in [0.15, 0.2) is 0 Å². The molecule has 1 heterocycles. The molecule has 2 N–H and O–H groups in total. The minimum atomic E-state index is -0.378. The first-order valence-corrected chi connectivity index (χ1v) is 5.77. The van der Waals surface area contributed by atoms with Crippen LogP contribution in [0.3, 0.4) is 0 Å². The summed E-state index contributed by atoms with van der Waals surface area (Å²) in [6.45, 7) is 2.02. The maximum atomic E-state index is 6.31. The lowest BCUT2D eigenvalue weighted by atomic mass is 9.89. The van der Waals surface area contributed by atoms with Crippen molar-refractivity contribution in [2.45, 2.75) is 25.3 Å². The molecule has 2 rings (SSSR count). The Morgan fingerprint density at radius 3 is 2.41 bits per heavy atom. The van der Waals surface area contributed by atoms with E-state index in [0.717, 1.165) is 18.4 Å². The van der Waals surface area contributed by atoms with E-state index in [2.05, 4.69) is 34.2 Å². The van der Waals surface area contributed by atoms with Crippen molar-refractivity contribution in [3.63, 3.8) is 0 Å². The van der Waals surface area contributed by atoms with Gasteiger partial charge in [-0.1, -0.05) is 30.3 Å². The lowest BCUT2D eigenvalue weighted by Gasteiger charge is -2.24. The van der Waals surface area contributed by atoms with Crippen LogP contribution in [0, 0.1) is 0 Å². The summed E-state index contributed by atoms with van der Waals surface area (Å²) < 4.78 is 0. The van der Waals surface area contributed by atoms with Crippen LogP contribution in [0.1, 0.15) is 24.5 Å². The first-order valence-electron chi connectivity index (χ1n) is 5.77. The van der Waals surface area contributed by atoms with Crippen LogP contribution in [0.25, 0.3) is 0 Å². The average Bonchev–Trinajstić information content (AvgIpc) is 2.39.